The maximum atomic E-state index is 6.29. The molecular weight excluding hydrogens is 364 g/mol. The average Bonchev–Trinajstić information content (AvgIpc) is 3.18. The first kappa shape index (κ1) is 16.8. The van der Waals surface area contributed by atoms with Crippen molar-refractivity contribution < 1.29 is 4.74 Å². The molecule has 8 heteroatoms. The first-order valence-electron chi connectivity index (χ1n) is 9.07. The highest BCUT2D eigenvalue weighted by molar-refractivity contribution is 6.31. The third-order valence-electron chi connectivity index (χ3n) is 5.38. The molecule has 1 aliphatic heterocycles. The van der Waals surface area contributed by atoms with Gasteiger partial charge in [-0.3, -0.25) is 9.99 Å². The van der Waals surface area contributed by atoms with Gasteiger partial charge in [0.05, 0.1) is 29.9 Å². The lowest BCUT2D eigenvalue weighted by Crippen LogP contribution is -2.38. The van der Waals surface area contributed by atoms with Gasteiger partial charge in [0, 0.05) is 35.5 Å². The third-order valence-corrected chi connectivity index (χ3v) is 5.61. The van der Waals surface area contributed by atoms with Crippen LogP contribution in [-0.2, 0) is 11.3 Å². The molecule has 2 aromatic heterocycles. The number of hydrazine groups is 2. The summed E-state index contributed by atoms with van der Waals surface area (Å²) in [5.74, 6) is 0.999. The number of pyridine rings is 1. The molecule has 0 unspecified atom stereocenters. The first-order chi connectivity index (χ1) is 13.1. The molecule has 5 rings (SSSR count). The summed E-state index contributed by atoms with van der Waals surface area (Å²) < 4.78 is 7.87. The molecule has 1 aliphatic carbocycles. The van der Waals surface area contributed by atoms with Gasteiger partial charge in [-0.25, -0.2) is 4.98 Å². The van der Waals surface area contributed by atoms with Crippen LogP contribution in [0.4, 0.5) is 0 Å². The van der Waals surface area contributed by atoms with E-state index in [2.05, 4.69) is 20.5 Å². The van der Waals surface area contributed by atoms with Gasteiger partial charge in [0.1, 0.15) is 11.3 Å². The van der Waals surface area contributed by atoms with Crippen molar-refractivity contribution in [2.24, 2.45) is 0 Å². The van der Waals surface area contributed by atoms with E-state index in [-0.39, 0.29) is 0 Å². The Morgan fingerprint density at radius 2 is 2.15 bits per heavy atom. The second kappa shape index (κ2) is 6.37. The maximum absolute atomic E-state index is 6.29. The zero-order valence-corrected chi connectivity index (χ0v) is 16.0. The number of ether oxygens (including phenoxy) is 1. The van der Waals surface area contributed by atoms with Gasteiger partial charge in [-0.1, -0.05) is 11.6 Å². The maximum Gasteiger partial charge on any atom is 0.131 e. The second-order valence-electron chi connectivity index (χ2n) is 7.21. The van der Waals surface area contributed by atoms with E-state index in [1.807, 2.05) is 42.5 Å². The molecule has 0 atom stereocenters. The molecule has 1 saturated carbocycles. The normalized spacial score (nSPS) is 22.2. The number of hydrogen-bond acceptors (Lipinski definition) is 6. The lowest BCUT2D eigenvalue weighted by atomic mass is 9.88. The van der Waals surface area contributed by atoms with E-state index in [1.54, 1.807) is 7.11 Å². The Morgan fingerprint density at radius 1 is 1.30 bits per heavy atom. The Morgan fingerprint density at radius 3 is 2.89 bits per heavy atom. The van der Waals surface area contributed by atoms with Crippen molar-refractivity contribution in [2.45, 2.75) is 38.5 Å². The number of fused-ring (bicyclic) bond motifs is 3. The summed E-state index contributed by atoms with van der Waals surface area (Å²) in [5, 5.41) is 3.75. The second-order valence-corrected chi connectivity index (χ2v) is 7.65. The molecule has 2 aliphatic rings. The Labute approximate surface area is 161 Å². The van der Waals surface area contributed by atoms with Crippen LogP contribution in [0.2, 0.25) is 5.02 Å². The van der Waals surface area contributed by atoms with E-state index >= 15 is 0 Å². The SMILES string of the molecule is CO[C@H]1C[C@H](n2c(CN3C=C(C)NN3)nc3cnc4ccc(Cl)cc4c32)C1. The van der Waals surface area contributed by atoms with Crippen LogP contribution in [-0.4, -0.2) is 32.8 Å². The molecule has 2 N–H and O–H groups in total. The number of imidazole rings is 1. The average molecular weight is 385 g/mol. The van der Waals surface area contributed by atoms with Gasteiger partial charge in [0.2, 0.25) is 0 Å². The van der Waals surface area contributed by atoms with E-state index in [4.69, 9.17) is 21.3 Å². The summed E-state index contributed by atoms with van der Waals surface area (Å²) in [6.45, 7) is 2.67. The zero-order chi connectivity index (χ0) is 18.5. The highest BCUT2D eigenvalue weighted by Crippen LogP contribution is 2.39. The first-order valence-corrected chi connectivity index (χ1v) is 9.45. The topological polar surface area (TPSA) is 67.2 Å². The van der Waals surface area contributed by atoms with Crippen molar-refractivity contribution >= 4 is 33.5 Å². The summed E-state index contributed by atoms with van der Waals surface area (Å²) in [7, 11) is 1.78. The largest absolute Gasteiger partial charge is 0.381 e. The van der Waals surface area contributed by atoms with Crippen molar-refractivity contribution in [1.82, 2.24) is 30.5 Å². The fraction of sp³-hybridized carbons (Fsp3) is 0.368. The lowest BCUT2D eigenvalue weighted by molar-refractivity contribution is 0.00608. The zero-order valence-electron chi connectivity index (χ0n) is 15.2. The number of nitrogens with zero attached hydrogens (tertiary/aromatic N) is 4. The van der Waals surface area contributed by atoms with Crippen molar-refractivity contribution in [1.29, 1.82) is 0 Å². The van der Waals surface area contributed by atoms with Crippen LogP contribution in [0.3, 0.4) is 0 Å². The van der Waals surface area contributed by atoms with Crippen molar-refractivity contribution in [3.8, 4) is 0 Å². The molecule has 0 spiro atoms. The third kappa shape index (κ3) is 2.82. The van der Waals surface area contributed by atoms with Gasteiger partial charge in [0.15, 0.2) is 0 Å². The van der Waals surface area contributed by atoms with E-state index in [9.17, 15) is 0 Å². The molecule has 7 nitrogen and oxygen atoms in total. The molecule has 3 heterocycles. The minimum absolute atomic E-state index is 0.311. The molecule has 0 bridgehead atoms. The molecule has 3 aromatic rings. The van der Waals surface area contributed by atoms with Gasteiger partial charge < -0.3 is 14.7 Å². The number of methoxy groups -OCH3 is 1. The predicted molar refractivity (Wildman–Crippen MR) is 105 cm³/mol. The summed E-state index contributed by atoms with van der Waals surface area (Å²) >= 11 is 6.29. The molecule has 0 radical (unpaired) electrons. The summed E-state index contributed by atoms with van der Waals surface area (Å²) in [5.41, 5.74) is 10.2. The van der Waals surface area contributed by atoms with Crippen LogP contribution in [0.15, 0.2) is 36.3 Å². The Kier molecular flexibility index (Phi) is 3.96. The molecule has 1 aromatic carbocycles. The fourth-order valence-corrected chi connectivity index (χ4v) is 4.11. The van der Waals surface area contributed by atoms with Crippen molar-refractivity contribution in [2.75, 3.05) is 7.11 Å². The summed E-state index contributed by atoms with van der Waals surface area (Å²) in [6, 6.07) is 6.19. The van der Waals surface area contributed by atoms with Crippen LogP contribution in [0.25, 0.3) is 21.9 Å². The van der Waals surface area contributed by atoms with Gasteiger partial charge in [0.25, 0.3) is 0 Å². The Balaban J connectivity index is 1.67. The van der Waals surface area contributed by atoms with Gasteiger partial charge in [-0.15, -0.1) is 5.53 Å². The van der Waals surface area contributed by atoms with Crippen LogP contribution < -0.4 is 11.0 Å². The smallest absolute Gasteiger partial charge is 0.131 e. The van der Waals surface area contributed by atoms with Crippen LogP contribution in [0.5, 0.6) is 0 Å². The van der Waals surface area contributed by atoms with Crippen molar-refractivity contribution in [3.63, 3.8) is 0 Å². The number of halogens is 1. The summed E-state index contributed by atoms with van der Waals surface area (Å²) in [6.07, 6.45) is 6.18. The van der Waals surface area contributed by atoms with Crippen LogP contribution in [0.1, 0.15) is 31.6 Å². The highest BCUT2D eigenvalue weighted by Gasteiger charge is 2.34. The minimum atomic E-state index is 0.311. The standard InChI is InChI=1S/C19H21ClN6O/c1-11-9-25(24-23-11)10-18-22-17-8-21-16-4-3-12(20)5-15(16)19(17)26(18)13-6-14(7-13)27-2/h3-5,8-9,13-14,23-24H,6-7,10H2,1-2H3/t13-,14-. The fourth-order valence-electron chi connectivity index (χ4n) is 3.94. The van der Waals surface area contributed by atoms with E-state index in [0.29, 0.717) is 23.7 Å². The lowest BCUT2D eigenvalue weighted by Gasteiger charge is -2.36. The molecule has 1 fully saturated rings. The summed E-state index contributed by atoms with van der Waals surface area (Å²) in [4.78, 5) is 9.48. The van der Waals surface area contributed by atoms with E-state index < -0.39 is 0 Å². The Hall–Kier alpha value is -2.35. The number of nitrogens with one attached hydrogen (secondary N) is 2. The molecule has 27 heavy (non-hydrogen) atoms. The molecule has 140 valence electrons. The molecular formula is C19H21ClN6O. The van der Waals surface area contributed by atoms with Crippen LogP contribution in [0, 0.1) is 0 Å². The minimum Gasteiger partial charge on any atom is -0.381 e. The van der Waals surface area contributed by atoms with Gasteiger partial charge in [-0.2, -0.15) is 0 Å². The number of rotatable bonds is 4. The molecule has 0 amide bonds. The van der Waals surface area contributed by atoms with E-state index in [1.165, 1.54) is 0 Å². The quantitative estimate of drug-likeness (QED) is 0.719. The monoisotopic (exact) mass is 384 g/mol. The number of benzene rings is 1. The number of allylic oxidation sites excluding steroid dienone is 1. The molecule has 0 saturated heterocycles. The van der Waals surface area contributed by atoms with Crippen LogP contribution >= 0.6 is 11.6 Å². The number of hydrogen-bond donors (Lipinski definition) is 2. The highest BCUT2D eigenvalue weighted by atomic mass is 35.5. The van der Waals surface area contributed by atoms with Gasteiger partial charge in [-0.05, 0) is 38.0 Å². The van der Waals surface area contributed by atoms with E-state index in [0.717, 1.165) is 46.3 Å². The van der Waals surface area contributed by atoms with Gasteiger partial charge >= 0.3 is 0 Å². The Bertz CT molecular complexity index is 1060. The van der Waals surface area contributed by atoms with Crippen molar-refractivity contribution in [3.05, 3.63) is 47.1 Å². The number of aromatic nitrogens is 3. The predicted octanol–water partition coefficient (Wildman–Crippen LogP) is 3.27.